The molecule has 0 radical (unpaired) electrons. The molecule has 2 aromatic carbocycles. The lowest BCUT2D eigenvalue weighted by Gasteiger charge is -2.19. The number of carbonyl (C=O) groups is 2. The summed E-state index contributed by atoms with van der Waals surface area (Å²) in [4.78, 5) is 29.7. The Morgan fingerprint density at radius 2 is 1.60 bits per heavy atom. The number of esters is 1. The van der Waals surface area contributed by atoms with Crippen LogP contribution in [0, 0.1) is 0 Å². The number of carbonyl (C=O) groups excluding carboxylic acids is 2. The van der Waals surface area contributed by atoms with Gasteiger partial charge in [0.25, 0.3) is 0 Å². The predicted octanol–water partition coefficient (Wildman–Crippen LogP) is 7.02. The van der Waals surface area contributed by atoms with Crippen LogP contribution in [0.25, 0.3) is 22.4 Å². The highest BCUT2D eigenvalue weighted by molar-refractivity contribution is 6.00. The molecule has 0 aliphatic rings. The van der Waals surface area contributed by atoms with Crippen molar-refractivity contribution in [2.45, 2.75) is 66.2 Å². The highest BCUT2D eigenvalue weighted by Crippen LogP contribution is 2.36. The summed E-state index contributed by atoms with van der Waals surface area (Å²) in [6.07, 6.45) is 2.81. The predicted molar refractivity (Wildman–Crippen MR) is 166 cm³/mol. The molecule has 9 heteroatoms. The number of nitrogens with zero attached hydrogens (tertiary/aromatic N) is 3. The number of aromatic nitrogens is 3. The van der Waals surface area contributed by atoms with Gasteiger partial charge in [-0.3, -0.25) is 9.67 Å². The van der Waals surface area contributed by atoms with Crippen LogP contribution in [-0.4, -0.2) is 45.6 Å². The van der Waals surface area contributed by atoms with E-state index in [9.17, 15) is 9.59 Å². The number of hydrogen-bond donors (Lipinski definition) is 1. The summed E-state index contributed by atoms with van der Waals surface area (Å²) in [5.41, 5.74) is 4.82. The minimum absolute atomic E-state index is 0.198. The first kappa shape index (κ1) is 31.3. The van der Waals surface area contributed by atoms with E-state index in [1.54, 1.807) is 44.8 Å². The molecule has 226 valence electrons. The zero-order valence-corrected chi connectivity index (χ0v) is 25.7. The van der Waals surface area contributed by atoms with Gasteiger partial charge < -0.3 is 19.5 Å². The summed E-state index contributed by atoms with van der Waals surface area (Å²) < 4.78 is 18.4. The molecule has 0 atom stereocenters. The van der Waals surface area contributed by atoms with E-state index in [2.05, 4.69) is 48.4 Å². The molecule has 0 saturated carbocycles. The Kier molecular flexibility index (Phi) is 10.2. The molecule has 43 heavy (non-hydrogen) atoms. The van der Waals surface area contributed by atoms with Gasteiger partial charge in [0.1, 0.15) is 23.7 Å². The minimum atomic E-state index is -0.623. The molecule has 0 bridgehead atoms. The van der Waals surface area contributed by atoms with Crippen molar-refractivity contribution >= 4 is 12.1 Å². The molecule has 0 spiro atoms. The molecule has 0 unspecified atom stereocenters. The number of pyridine rings is 1. The topological polar surface area (TPSA) is 105 Å². The van der Waals surface area contributed by atoms with E-state index >= 15 is 0 Å². The van der Waals surface area contributed by atoms with Crippen molar-refractivity contribution in [1.29, 1.82) is 0 Å². The van der Waals surface area contributed by atoms with E-state index in [-0.39, 0.29) is 19.7 Å². The third-order valence-electron chi connectivity index (χ3n) is 6.56. The average Bonchev–Trinajstić information content (AvgIpc) is 3.36. The highest BCUT2D eigenvalue weighted by Gasteiger charge is 2.27. The van der Waals surface area contributed by atoms with Crippen LogP contribution in [-0.2, 0) is 22.6 Å². The quantitative estimate of drug-likeness (QED) is 0.189. The maximum Gasteiger partial charge on any atom is 0.407 e. The van der Waals surface area contributed by atoms with E-state index in [0.717, 1.165) is 16.7 Å². The van der Waals surface area contributed by atoms with Crippen molar-refractivity contribution in [2.24, 2.45) is 0 Å². The number of amides is 1. The van der Waals surface area contributed by atoms with Gasteiger partial charge in [-0.2, -0.15) is 5.10 Å². The number of alkyl carbamates (subject to hydrolysis) is 1. The molecule has 1 N–H and O–H groups in total. The second-order valence-electron chi connectivity index (χ2n) is 11.4. The average molecular weight is 585 g/mol. The number of benzene rings is 2. The first-order valence-corrected chi connectivity index (χ1v) is 14.5. The SMILES string of the molecule is CCOC(=O)c1c(-c2ccc(OCc3ccc(C(C)C)cc3)cc2)c(-c2ccncc2)nn1CCNC(=O)OC(C)(C)C. The Hall–Kier alpha value is -4.66. The molecule has 1 amide bonds. The Labute approximate surface area is 253 Å². The smallest absolute Gasteiger partial charge is 0.407 e. The van der Waals surface area contributed by atoms with E-state index in [1.807, 2.05) is 36.4 Å². The Morgan fingerprint density at radius 3 is 2.21 bits per heavy atom. The van der Waals surface area contributed by atoms with Crippen molar-refractivity contribution in [3.63, 3.8) is 0 Å². The van der Waals surface area contributed by atoms with Gasteiger partial charge >= 0.3 is 12.1 Å². The standard InChI is InChI=1S/C34H40N4O5/c1-7-41-32(39)31-29(26-12-14-28(15-13-26)42-22-24-8-10-25(11-9-24)23(2)3)30(27-16-18-35-19-17-27)37-38(31)21-20-36-33(40)43-34(4,5)6/h8-19,23H,7,20-22H2,1-6H3,(H,36,40). The minimum Gasteiger partial charge on any atom is -0.489 e. The van der Waals surface area contributed by atoms with Crippen LogP contribution in [0.1, 0.15) is 69.1 Å². The molecule has 4 aromatic rings. The van der Waals surface area contributed by atoms with Crippen molar-refractivity contribution < 1.29 is 23.8 Å². The Balaban J connectivity index is 1.63. The molecule has 0 aliphatic heterocycles. The maximum atomic E-state index is 13.3. The number of rotatable bonds is 11. The monoisotopic (exact) mass is 584 g/mol. The van der Waals surface area contributed by atoms with Crippen LogP contribution in [0.2, 0.25) is 0 Å². The van der Waals surface area contributed by atoms with Gasteiger partial charge in [0, 0.05) is 30.1 Å². The summed E-state index contributed by atoms with van der Waals surface area (Å²) in [5, 5.41) is 7.55. The second-order valence-corrected chi connectivity index (χ2v) is 11.4. The van der Waals surface area contributed by atoms with Crippen molar-refractivity contribution in [2.75, 3.05) is 13.2 Å². The third-order valence-corrected chi connectivity index (χ3v) is 6.56. The van der Waals surface area contributed by atoms with Gasteiger partial charge in [-0.15, -0.1) is 0 Å². The summed E-state index contributed by atoms with van der Waals surface area (Å²) in [6.45, 7) is 12.6. The number of nitrogens with one attached hydrogen (secondary N) is 1. The van der Waals surface area contributed by atoms with Crippen LogP contribution in [0.3, 0.4) is 0 Å². The summed E-state index contributed by atoms with van der Waals surface area (Å²) in [6, 6.07) is 19.7. The van der Waals surface area contributed by atoms with Crippen molar-refractivity contribution in [3.8, 4) is 28.1 Å². The fourth-order valence-electron chi connectivity index (χ4n) is 4.48. The largest absolute Gasteiger partial charge is 0.489 e. The lowest BCUT2D eigenvalue weighted by Crippen LogP contribution is -2.34. The van der Waals surface area contributed by atoms with Crippen molar-refractivity contribution in [1.82, 2.24) is 20.1 Å². The van der Waals surface area contributed by atoms with E-state index < -0.39 is 17.7 Å². The molecule has 2 heterocycles. The maximum absolute atomic E-state index is 13.3. The molecule has 0 aliphatic carbocycles. The molecule has 4 rings (SSSR count). The lowest BCUT2D eigenvalue weighted by atomic mass is 9.99. The van der Waals surface area contributed by atoms with Crippen LogP contribution < -0.4 is 10.1 Å². The summed E-state index contributed by atoms with van der Waals surface area (Å²) in [7, 11) is 0. The van der Waals surface area contributed by atoms with Crippen LogP contribution in [0.4, 0.5) is 4.79 Å². The van der Waals surface area contributed by atoms with Crippen LogP contribution in [0.15, 0.2) is 73.1 Å². The summed E-state index contributed by atoms with van der Waals surface area (Å²) in [5.74, 6) is 0.672. The Morgan fingerprint density at radius 1 is 0.930 bits per heavy atom. The van der Waals surface area contributed by atoms with E-state index in [0.29, 0.717) is 35.2 Å². The lowest BCUT2D eigenvalue weighted by molar-refractivity contribution is 0.0513. The van der Waals surface area contributed by atoms with E-state index in [4.69, 9.17) is 19.3 Å². The molecule has 2 aromatic heterocycles. The van der Waals surface area contributed by atoms with Gasteiger partial charge in [-0.05, 0) is 74.6 Å². The fraction of sp³-hybridized carbons (Fsp3) is 0.353. The fourth-order valence-corrected chi connectivity index (χ4v) is 4.48. The van der Waals surface area contributed by atoms with Crippen molar-refractivity contribution in [3.05, 3.63) is 89.9 Å². The molecule has 0 fully saturated rings. The first-order chi connectivity index (χ1) is 20.6. The summed E-state index contributed by atoms with van der Waals surface area (Å²) >= 11 is 0. The zero-order valence-electron chi connectivity index (χ0n) is 25.7. The second kappa shape index (κ2) is 14.0. The van der Waals surface area contributed by atoms with Gasteiger partial charge in [-0.25, -0.2) is 9.59 Å². The van der Waals surface area contributed by atoms with Crippen LogP contribution >= 0.6 is 0 Å². The van der Waals surface area contributed by atoms with Crippen LogP contribution in [0.5, 0.6) is 5.75 Å². The molecular weight excluding hydrogens is 544 g/mol. The number of ether oxygens (including phenoxy) is 3. The van der Waals surface area contributed by atoms with Gasteiger partial charge in [-0.1, -0.05) is 50.2 Å². The number of hydrogen-bond acceptors (Lipinski definition) is 7. The van der Waals surface area contributed by atoms with Gasteiger partial charge in [0.2, 0.25) is 0 Å². The van der Waals surface area contributed by atoms with Gasteiger partial charge in [0.15, 0.2) is 5.69 Å². The third kappa shape index (κ3) is 8.44. The van der Waals surface area contributed by atoms with E-state index in [1.165, 1.54) is 5.56 Å². The molecular formula is C34H40N4O5. The highest BCUT2D eigenvalue weighted by atomic mass is 16.6. The zero-order chi connectivity index (χ0) is 31.0. The normalized spacial score (nSPS) is 11.3. The molecule has 0 saturated heterocycles. The van der Waals surface area contributed by atoms with Gasteiger partial charge in [0.05, 0.1) is 13.2 Å². The first-order valence-electron chi connectivity index (χ1n) is 14.5. The Bertz CT molecular complexity index is 1510. The molecule has 9 nitrogen and oxygen atoms in total.